The van der Waals surface area contributed by atoms with E-state index in [9.17, 15) is 29.8 Å². The molecule has 3 aromatic rings. The van der Waals surface area contributed by atoms with E-state index in [0.717, 1.165) is 36.5 Å². The van der Waals surface area contributed by atoms with Gasteiger partial charge in [-0.05, 0) is 36.4 Å². The van der Waals surface area contributed by atoms with Gasteiger partial charge >= 0.3 is 11.7 Å². The number of nitro benzene ring substituents is 2. The Bertz CT molecular complexity index is 1330. The molecule has 1 amide bonds. The second kappa shape index (κ2) is 10.5. The van der Waals surface area contributed by atoms with Gasteiger partial charge in [0.1, 0.15) is 0 Å². The van der Waals surface area contributed by atoms with Crippen LogP contribution in [0.15, 0.2) is 65.8 Å². The molecule has 0 saturated carbocycles. The number of esters is 1. The number of amides is 1. The van der Waals surface area contributed by atoms with E-state index in [1.165, 1.54) is 30.3 Å². The summed E-state index contributed by atoms with van der Waals surface area (Å²) in [5.41, 5.74) is 1.46. The van der Waals surface area contributed by atoms with E-state index in [2.05, 4.69) is 10.5 Å². The number of ether oxygens (including phenoxy) is 1. The number of benzene rings is 3. The fourth-order valence-corrected chi connectivity index (χ4v) is 3.16. The van der Waals surface area contributed by atoms with E-state index < -0.39 is 33.2 Å². The number of nitrogens with zero attached hydrogens (tertiary/aromatic N) is 3. The highest BCUT2D eigenvalue weighted by molar-refractivity contribution is 6.36. The number of carbonyl (C=O) groups excluding carboxylic acids is 2. The number of non-ortho nitro benzene ring substituents is 1. The molecule has 13 heteroatoms. The Kier molecular flexibility index (Phi) is 7.51. The van der Waals surface area contributed by atoms with Crippen LogP contribution in [0.5, 0.6) is 5.75 Å². The van der Waals surface area contributed by atoms with Crippen LogP contribution in [-0.2, 0) is 0 Å². The molecular weight excluding hydrogens is 491 g/mol. The van der Waals surface area contributed by atoms with Crippen molar-refractivity contribution in [3.63, 3.8) is 0 Å². The van der Waals surface area contributed by atoms with Gasteiger partial charge in [0.05, 0.1) is 32.2 Å². The van der Waals surface area contributed by atoms with Crippen molar-refractivity contribution in [2.75, 3.05) is 0 Å². The molecule has 1 N–H and O–H groups in total. The van der Waals surface area contributed by atoms with Crippen LogP contribution in [0.3, 0.4) is 0 Å². The van der Waals surface area contributed by atoms with Crippen LogP contribution in [-0.4, -0.2) is 27.9 Å². The highest BCUT2D eigenvalue weighted by Gasteiger charge is 2.22. The number of nitrogens with one attached hydrogen (secondary N) is 1. The number of carbonyl (C=O) groups is 2. The molecule has 0 spiro atoms. The van der Waals surface area contributed by atoms with Gasteiger partial charge in [0.15, 0.2) is 0 Å². The van der Waals surface area contributed by atoms with E-state index in [4.69, 9.17) is 27.9 Å². The molecule has 11 nitrogen and oxygen atoms in total. The minimum absolute atomic E-state index is 0.00645. The predicted octanol–water partition coefficient (Wildman–Crippen LogP) is 4.79. The van der Waals surface area contributed by atoms with Gasteiger partial charge in [-0.1, -0.05) is 29.3 Å². The summed E-state index contributed by atoms with van der Waals surface area (Å²) in [6.45, 7) is 0. The molecule has 0 radical (unpaired) electrons. The van der Waals surface area contributed by atoms with Crippen LogP contribution in [0.25, 0.3) is 0 Å². The summed E-state index contributed by atoms with van der Waals surface area (Å²) in [7, 11) is 0. The molecule has 0 aromatic heterocycles. The lowest BCUT2D eigenvalue weighted by Crippen LogP contribution is -2.18. The molecule has 172 valence electrons. The number of para-hydroxylation sites is 1. The third-order valence-electron chi connectivity index (χ3n) is 4.28. The lowest BCUT2D eigenvalue weighted by atomic mass is 10.1. The SMILES string of the molecule is O=C(Oc1c(/C=N/NC(=O)c2ccc(Cl)cc2Cl)cccc1[N+](=O)[O-])c1ccc([N+](=O)[O-])cc1. The highest BCUT2D eigenvalue weighted by Crippen LogP contribution is 2.31. The summed E-state index contributed by atoms with van der Waals surface area (Å²) in [6, 6.07) is 12.5. The third-order valence-corrected chi connectivity index (χ3v) is 4.82. The predicted molar refractivity (Wildman–Crippen MR) is 123 cm³/mol. The molecule has 34 heavy (non-hydrogen) atoms. The zero-order valence-corrected chi connectivity index (χ0v) is 18.3. The Morgan fingerprint density at radius 2 is 1.68 bits per heavy atom. The van der Waals surface area contributed by atoms with Crippen molar-refractivity contribution in [1.82, 2.24) is 5.43 Å². The first-order valence-electron chi connectivity index (χ1n) is 9.20. The van der Waals surface area contributed by atoms with Crippen molar-refractivity contribution >= 4 is 52.7 Å². The topological polar surface area (TPSA) is 154 Å². The van der Waals surface area contributed by atoms with Crippen LogP contribution in [0.2, 0.25) is 10.0 Å². The summed E-state index contributed by atoms with van der Waals surface area (Å²) < 4.78 is 5.21. The fourth-order valence-electron chi connectivity index (χ4n) is 2.66. The third kappa shape index (κ3) is 5.71. The summed E-state index contributed by atoms with van der Waals surface area (Å²) in [6.07, 6.45) is 1.05. The van der Waals surface area contributed by atoms with E-state index in [1.54, 1.807) is 0 Å². The van der Waals surface area contributed by atoms with Crippen molar-refractivity contribution in [2.45, 2.75) is 0 Å². The van der Waals surface area contributed by atoms with Crippen molar-refractivity contribution in [1.29, 1.82) is 0 Å². The van der Waals surface area contributed by atoms with Crippen LogP contribution in [0.1, 0.15) is 26.3 Å². The van der Waals surface area contributed by atoms with Gasteiger partial charge in [0.2, 0.25) is 5.75 Å². The van der Waals surface area contributed by atoms with Gasteiger partial charge in [-0.15, -0.1) is 0 Å². The Morgan fingerprint density at radius 3 is 2.29 bits per heavy atom. The monoisotopic (exact) mass is 502 g/mol. The first kappa shape index (κ1) is 24.3. The smallest absolute Gasteiger partial charge is 0.343 e. The molecular formula is C21H12Cl2N4O7. The molecule has 0 fully saturated rings. The van der Waals surface area contributed by atoms with E-state index >= 15 is 0 Å². The summed E-state index contributed by atoms with van der Waals surface area (Å²) >= 11 is 11.8. The molecule has 0 bridgehead atoms. The van der Waals surface area contributed by atoms with Gasteiger partial charge in [-0.25, -0.2) is 10.2 Å². The molecule has 0 atom stereocenters. The number of hydrogen-bond acceptors (Lipinski definition) is 8. The Morgan fingerprint density at radius 1 is 0.971 bits per heavy atom. The molecule has 0 unspecified atom stereocenters. The standard InChI is InChI=1S/C21H12Cl2N4O7/c22-14-6-9-16(17(23)10-14)20(28)25-24-11-13-2-1-3-18(27(32)33)19(13)34-21(29)12-4-7-15(8-5-12)26(30)31/h1-11H,(H,25,28)/b24-11+. The minimum atomic E-state index is -0.990. The highest BCUT2D eigenvalue weighted by atomic mass is 35.5. The van der Waals surface area contributed by atoms with Crippen molar-refractivity contribution in [3.8, 4) is 5.75 Å². The first-order valence-corrected chi connectivity index (χ1v) is 9.95. The fraction of sp³-hybridized carbons (Fsp3) is 0. The maximum absolute atomic E-state index is 12.5. The second-order valence-corrected chi connectivity index (χ2v) is 7.31. The zero-order valence-electron chi connectivity index (χ0n) is 16.8. The quantitative estimate of drug-likeness (QED) is 0.160. The Hall–Kier alpha value is -4.35. The molecule has 0 aliphatic heterocycles. The van der Waals surface area contributed by atoms with Gasteiger partial charge < -0.3 is 4.74 Å². The largest absolute Gasteiger partial charge is 0.415 e. The van der Waals surface area contributed by atoms with Gasteiger partial charge in [0.25, 0.3) is 11.6 Å². The molecule has 0 heterocycles. The van der Waals surface area contributed by atoms with Gasteiger partial charge in [0, 0.05) is 28.8 Å². The zero-order chi connectivity index (χ0) is 24.8. The molecule has 0 saturated heterocycles. The number of rotatable bonds is 7. The van der Waals surface area contributed by atoms with Crippen molar-refractivity contribution < 1.29 is 24.2 Å². The average Bonchev–Trinajstić information content (AvgIpc) is 2.79. The Balaban J connectivity index is 1.85. The maximum atomic E-state index is 12.5. The van der Waals surface area contributed by atoms with E-state index in [0.29, 0.717) is 5.02 Å². The normalized spacial score (nSPS) is 10.6. The first-order chi connectivity index (χ1) is 16.2. The maximum Gasteiger partial charge on any atom is 0.343 e. The van der Waals surface area contributed by atoms with Gasteiger partial charge in [-0.2, -0.15) is 5.10 Å². The Labute approximate surface area is 200 Å². The van der Waals surface area contributed by atoms with Crippen molar-refractivity contribution in [2.24, 2.45) is 5.10 Å². The molecule has 0 aliphatic carbocycles. The summed E-state index contributed by atoms with van der Waals surface area (Å²) in [5, 5.41) is 26.4. The lowest BCUT2D eigenvalue weighted by molar-refractivity contribution is -0.385. The summed E-state index contributed by atoms with van der Waals surface area (Å²) in [4.78, 5) is 45.6. The van der Waals surface area contributed by atoms with E-state index in [1.807, 2.05) is 0 Å². The number of hydrogen-bond donors (Lipinski definition) is 1. The number of nitro groups is 2. The van der Waals surface area contributed by atoms with Crippen LogP contribution >= 0.6 is 23.2 Å². The number of halogens is 2. The van der Waals surface area contributed by atoms with Crippen LogP contribution in [0, 0.1) is 20.2 Å². The van der Waals surface area contributed by atoms with Crippen molar-refractivity contribution in [3.05, 3.63) is 108 Å². The lowest BCUT2D eigenvalue weighted by Gasteiger charge is -2.08. The molecule has 3 rings (SSSR count). The van der Waals surface area contributed by atoms with Crippen LogP contribution < -0.4 is 10.2 Å². The van der Waals surface area contributed by atoms with Gasteiger partial charge in [-0.3, -0.25) is 25.0 Å². The minimum Gasteiger partial charge on any atom is -0.415 e. The number of hydrazone groups is 1. The average molecular weight is 503 g/mol. The molecule has 3 aromatic carbocycles. The second-order valence-electron chi connectivity index (χ2n) is 6.47. The summed E-state index contributed by atoms with van der Waals surface area (Å²) in [5.74, 6) is -2.10. The molecule has 0 aliphatic rings. The van der Waals surface area contributed by atoms with E-state index in [-0.39, 0.29) is 27.4 Å². The van der Waals surface area contributed by atoms with Crippen LogP contribution in [0.4, 0.5) is 11.4 Å².